The summed E-state index contributed by atoms with van der Waals surface area (Å²) in [5, 5.41) is 6.81. The van der Waals surface area contributed by atoms with E-state index in [4.69, 9.17) is 4.74 Å². The van der Waals surface area contributed by atoms with Gasteiger partial charge in [0.05, 0.1) is 12.2 Å². The lowest BCUT2D eigenvalue weighted by molar-refractivity contribution is 0.234. The standard InChI is InChI=1S/C16H21N3O/c1-2-4-8-13(7-3-1)11-20-15-10-6-5-9-14(15)16-17-12-18-19-16/h5-6,9-10,12-13H,1-4,7-8,11H2,(H,17,18,19). The second-order valence-electron chi connectivity index (χ2n) is 5.50. The molecule has 3 rings (SSSR count). The molecule has 0 unspecified atom stereocenters. The summed E-state index contributed by atoms with van der Waals surface area (Å²) in [5.74, 6) is 2.36. The zero-order valence-corrected chi connectivity index (χ0v) is 11.7. The van der Waals surface area contributed by atoms with Gasteiger partial charge in [-0.2, -0.15) is 5.10 Å². The summed E-state index contributed by atoms with van der Waals surface area (Å²) in [6.45, 7) is 0.811. The molecule has 4 heteroatoms. The van der Waals surface area contributed by atoms with Crippen LogP contribution in [0.3, 0.4) is 0 Å². The Kier molecular flexibility index (Phi) is 4.31. The van der Waals surface area contributed by atoms with Crippen molar-refractivity contribution >= 4 is 0 Å². The molecule has 1 heterocycles. The predicted octanol–water partition coefficient (Wildman–Crippen LogP) is 3.82. The minimum Gasteiger partial charge on any atom is -0.493 e. The van der Waals surface area contributed by atoms with E-state index in [9.17, 15) is 0 Å². The Morgan fingerprint density at radius 1 is 1.10 bits per heavy atom. The fraction of sp³-hybridized carbons (Fsp3) is 0.500. The third-order valence-electron chi connectivity index (χ3n) is 4.01. The molecule has 0 saturated heterocycles. The number of hydrogen-bond acceptors (Lipinski definition) is 3. The highest BCUT2D eigenvalue weighted by molar-refractivity contribution is 5.63. The molecular formula is C16H21N3O. The molecule has 0 bridgehead atoms. The van der Waals surface area contributed by atoms with Crippen molar-refractivity contribution in [2.75, 3.05) is 6.61 Å². The smallest absolute Gasteiger partial charge is 0.159 e. The van der Waals surface area contributed by atoms with Crippen LogP contribution in [0.4, 0.5) is 0 Å². The molecule has 1 fully saturated rings. The maximum Gasteiger partial charge on any atom is 0.159 e. The van der Waals surface area contributed by atoms with E-state index in [-0.39, 0.29) is 0 Å². The van der Waals surface area contributed by atoms with Crippen LogP contribution in [0.15, 0.2) is 30.6 Å². The highest BCUT2D eigenvalue weighted by Gasteiger charge is 2.14. The Labute approximate surface area is 119 Å². The van der Waals surface area contributed by atoms with Crippen LogP contribution in [0.1, 0.15) is 38.5 Å². The average molecular weight is 271 g/mol. The Morgan fingerprint density at radius 3 is 2.65 bits per heavy atom. The van der Waals surface area contributed by atoms with Crippen molar-refractivity contribution in [2.45, 2.75) is 38.5 Å². The van der Waals surface area contributed by atoms with Crippen LogP contribution in [0.25, 0.3) is 11.4 Å². The van der Waals surface area contributed by atoms with Crippen LogP contribution in [0.5, 0.6) is 5.75 Å². The van der Waals surface area contributed by atoms with E-state index in [2.05, 4.69) is 15.2 Å². The van der Waals surface area contributed by atoms with E-state index in [0.29, 0.717) is 5.92 Å². The van der Waals surface area contributed by atoms with Crippen LogP contribution in [-0.2, 0) is 0 Å². The van der Waals surface area contributed by atoms with Crippen molar-refractivity contribution in [3.63, 3.8) is 0 Å². The number of aromatic nitrogens is 3. The van der Waals surface area contributed by atoms with Gasteiger partial charge in [-0.05, 0) is 30.9 Å². The summed E-state index contributed by atoms with van der Waals surface area (Å²) < 4.78 is 6.07. The van der Waals surface area contributed by atoms with Crippen LogP contribution in [-0.4, -0.2) is 21.8 Å². The fourth-order valence-corrected chi connectivity index (χ4v) is 2.86. The number of benzene rings is 1. The summed E-state index contributed by atoms with van der Waals surface area (Å²) in [6.07, 6.45) is 9.57. The van der Waals surface area contributed by atoms with Crippen LogP contribution < -0.4 is 4.74 Å². The molecule has 1 aliphatic carbocycles. The van der Waals surface area contributed by atoms with Gasteiger partial charge >= 0.3 is 0 Å². The fourth-order valence-electron chi connectivity index (χ4n) is 2.86. The molecule has 20 heavy (non-hydrogen) atoms. The highest BCUT2D eigenvalue weighted by atomic mass is 16.5. The lowest BCUT2D eigenvalue weighted by atomic mass is 10.0. The van der Waals surface area contributed by atoms with E-state index in [1.54, 1.807) is 0 Å². The SMILES string of the molecule is c1ccc(-c2ncn[nH]2)c(OCC2CCCCCC2)c1. The summed E-state index contributed by atoms with van der Waals surface area (Å²) in [6, 6.07) is 8.02. The van der Waals surface area contributed by atoms with Gasteiger partial charge in [-0.15, -0.1) is 0 Å². The molecule has 1 aromatic heterocycles. The summed E-state index contributed by atoms with van der Waals surface area (Å²) >= 11 is 0. The lowest BCUT2D eigenvalue weighted by Gasteiger charge is -2.16. The molecular weight excluding hydrogens is 250 g/mol. The third-order valence-corrected chi connectivity index (χ3v) is 4.01. The number of nitrogens with zero attached hydrogens (tertiary/aromatic N) is 2. The topological polar surface area (TPSA) is 50.8 Å². The van der Waals surface area contributed by atoms with E-state index in [1.165, 1.54) is 44.9 Å². The van der Waals surface area contributed by atoms with E-state index in [1.807, 2.05) is 24.3 Å². The minimum absolute atomic E-state index is 0.695. The summed E-state index contributed by atoms with van der Waals surface area (Å²) in [5.41, 5.74) is 0.985. The van der Waals surface area contributed by atoms with Crippen molar-refractivity contribution in [1.29, 1.82) is 0 Å². The molecule has 2 aromatic rings. The Bertz CT molecular complexity index is 516. The first-order valence-electron chi connectivity index (χ1n) is 7.51. The van der Waals surface area contributed by atoms with Crippen molar-refractivity contribution in [3.8, 4) is 17.1 Å². The average Bonchev–Trinajstić information content (AvgIpc) is 2.89. The van der Waals surface area contributed by atoms with Gasteiger partial charge in [0.25, 0.3) is 0 Å². The normalized spacial score (nSPS) is 16.8. The van der Waals surface area contributed by atoms with Crippen molar-refractivity contribution in [1.82, 2.24) is 15.2 Å². The number of aromatic amines is 1. The number of para-hydroxylation sites is 1. The molecule has 0 atom stereocenters. The second-order valence-corrected chi connectivity index (χ2v) is 5.50. The van der Waals surface area contributed by atoms with E-state index < -0.39 is 0 Å². The predicted molar refractivity (Wildman–Crippen MR) is 78.5 cm³/mol. The Hall–Kier alpha value is -1.84. The second kappa shape index (κ2) is 6.55. The number of rotatable bonds is 4. The first kappa shape index (κ1) is 13.2. The van der Waals surface area contributed by atoms with Crippen LogP contribution in [0, 0.1) is 5.92 Å². The molecule has 1 saturated carbocycles. The number of hydrogen-bond donors (Lipinski definition) is 1. The molecule has 0 spiro atoms. The molecule has 1 aromatic carbocycles. The first-order chi connectivity index (χ1) is 9.93. The van der Waals surface area contributed by atoms with Crippen molar-refractivity contribution < 1.29 is 4.74 Å². The maximum absolute atomic E-state index is 6.07. The molecule has 1 N–H and O–H groups in total. The monoisotopic (exact) mass is 271 g/mol. The molecule has 4 nitrogen and oxygen atoms in total. The zero-order valence-electron chi connectivity index (χ0n) is 11.7. The molecule has 0 radical (unpaired) electrons. The van der Waals surface area contributed by atoms with Crippen molar-refractivity contribution in [2.24, 2.45) is 5.92 Å². The Morgan fingerprint density at radius 2 is 1.90 bits per heavy atom. The van der Waals surface area contributed by atoms with Gasteiger partial charge in [0, 0.05) is 0 Å². The van der Waals surface area contributed by atoms with Crippen LogP contribution in [0.2, 0.25) is 0 Å². The van der Waals surface area contributed by atoms with Gasteiger partial charge in [-0.3, -0.25) is 5.10 Å². The van der Waals surface area contributed by atoms with Gasteiger partial charge in [0.1, 0.15) is 12.1 Å². The van der Waals surface area contributed by atoms with E-state index in [0.717, 1.165) is 23.7 Å². The zero-order chi connectivity index (χ0) is 13.6. The largest absolute Gasteiger partial charge is 0.493 e. The molecule has 0 amide bonds. The van der Waals surface area contributed by atoms with Gasteiger partial charge in [-0.25, -0.2) is 4.98 Å². The Balaban J connectivity index is 1.68. The summed E-state index contributed by atoms with van der Waals surface area (Å²) in [4.78, 5) is 4.21. The lowest BCUT2D eigenvalue weighted by Crippen LogP contribution is -2.11. The molecule has 1 aliphatic rings. The number of H-pyrrole nitrogens is 1. The number of ether oxygens (including phenoxy) is 1. The van der Waals surface area contributed by atoms with Gasteiger partial charge in [0.2, 0.25) is 0 Å². The molecule has 0 aliphatic heterocycles. The molecule has 106 valence electrons. The third kappa shape index (κ3) is 3.18. The van der Waals surface area contributed by atoms with Crippen molar-refractivity contribution in [3.05, 3.63) is 30.6 Å². The van der Waals surface area contributed by atoms with Gasteiger partial charge < -0.3 is 4.74 Å². The van der Waals surface area contributed by atoms with Gasteiger partial charge in [-0.1, -0.05) is 37.8 Å². The highest BCUT2D eigenvalue weighted by Crippen LogP contribution is 2.29. The van der Waals surface area contributed by atoms with Crippen LogP contribution >= 0.6 is 0 Å². The maximum atomic E-state index is 6.07. The quantitative estimate of drug-likeness (QED) is 0.860. The number of nitrogens with one attached hydrogen (secondary N) is 1. The summed E-state index contributed by atoms with van der Waals surface area (Å²) in [7, 11) is 0. The van der Waals surface area contributed by atoms with E-state index >= 15 is 0 Å². The minimum atomic E-state index is 0.695. The first-order valence-corrected chi connectivity index (χ1v) is 7.51. The van der Waals surface area contributed by atoms with Gasteiger partial charge in [0.15, 0.2) is 5.82 Å².